The third-order valence-corrected chi connectivity index (χ3v) is 3.88. The molecule has 20 heavy (non-hydrogen) atoms. The predicted molar refractivity (Wildman–Crippen MR) is 83.4 cm³/mol. The number of aryl methyl sites for hydroxylation is 1. The van der Waals surface area contributed by atoms with E-state index in [0.29, 0.717) is 6.61 Å². The van der Waals surface area contributed by atoms with Crippen LogP contribution < -0.4 is 10.1 Å². The molecule has 0 saturated carbocycles. The Hall–Kier alpha value is -1.36. The number of ether oxygens (including phenoxy) is 2. The lowest BCUT2D eigenvalue weighted by Crippen LogP contribution is -2.19. The third kappa shape index (κ3) is 4.34. The van der Waals surface area contributed by atoms with Crippen molar-refractivity contribution in [1.29, 1.82) is 0 Å². The monoisotopic (exact) mass is 291 g/mol. The zero-order valence-corrected chi connectivity index (χ0v) is 12.8. The average Bonchev–Trinajstić information content (AvgIpc) is 2.96. The number of methoxy groups -OCH3 is 1. The first-order chi connectivity index (χ1) is 9.81. The number of hydrogen-bond acceptors (Lipinski definition) is 4. The van der Waals surface area contributed by atoms with Crippen molar-refractivity contribution in [2.45, 2.75) is 20.1 Å². The second-order valence-corrected chi connectivity index (χ2v) is 5.63. The molecular weight excluding hydrogens is 270 g/mol. The molecule has 1 N–H and O–H groups in total. The van der Waals surface area contributed by atoms with E-state index in [9.17, 15) is 0 Å². The molecule has 0 aliphatic rings. The topological polar surface area (TPSA) is 30.5 Å². The highest BCUT2D eigenvalue weighted by Crippen LogP contribution is 2.25. The van der Waals surface area contributed by atoms with Gasteiger partial charge < -0.3 is 14.8 Å². The lowest BCUT2D eigenvalue weighted by molar-refractivity contribution is 0.199. The van der Waals surface area contributed by atoms with Crippen LogP contribution in [0.4, 0.5) is 0 Å². The molecule has 108 valence electrons. The zero-order chi connectivity index (χ0) is 14.2. The molecule has 1 aromatic carbocycles. The third-order valence-electron chi connectivity index (χ3n) is 3.03. The molecule has 0 bridgehead atoms. The standard InChI is InChI=1S/C16H21NO2S/c1-13-5-3-6-14(11-17-8-9-18-2)16(13)19-12-15-7-4-10-20-15/h3-7,10,17H,8-9,11-12H2,1-2H3. The van der Waals surface area contributed by atoms with Gasteiger partial charge >= 0.3 is 0 Å². The van der Waals surface area contributed by atoms with Crippen LogP contribution in [0.3, 0.4) is 0 Å². The number of thiophene rings is 1. The molecule has 0 saturated heterocycles. The van der Waals surface area contributed by atoms with Crippen LogP contribution in [-0.4, -0.2) is 20.3 Å². The number of para-hydroxylation sites is 1. The van der Waals surface area contributed by atoms with Gasteiger partial charge in [0, 0.05) is 30.6 Å². The molecule has 2 aromatic rings. The fourth-order valence-corrected chi connectivity index (χ4v) is 2.61. The van der Waals surface area contributed by atoms with E-state index in [1.54, 1.807) is 18.4 Å². The van der Waals surface area contributed by atoms with E-state index in [-0.39, 0.29) is 0 Å². The van der Waals surface area contributed by atoms with Crippen molar-refractivity contribution in [2.24, 2.45) is 0 Å². The highest BCUT2D eigenvalue weighted by molar-refractivity contribution is 7.09. The number of nitrogens with one attached hydrogen (secondary N) is 1. The smallest absolute Gasteiger partial charge is 0.127 e. The molecule has 0 atom stereocenters. The summed E-state index contributed by atoms with van der Waals surface area (Å²) in [5.41, 5.74) is 2.37. The van der Waals surface area contributed by atoms with Crippen LogP contribution in [0.25, 0.3) is 0 Å². The largest absolute Gasteiger partial charge is 0.487 e. The quantitative estimate of drug-likeness (QED) is 0.756. The maximum Gasteiger partial charge on any atom is 0.127 e. The van der Waals surface area contributed by atoms with Gasteiger partial charge in [0.15, 0.2) is 0 Å². The molecule has 1 aromatic heterocycles. The van der Waals surface area contributed by atoms with E-state index in [1.165, 1.54) is 16.0 Å². The summed E-state index contributed by atoms with van der Waals surface area (Å²) in [6.45, 7) is 5.08. The maximum atomic E-state index is 6.01. The van der Waals surface area contributed by atoms with E-state index in [1.807, 2.05) is 0 Å². The number of benzene rings is 1. The molecule has 0 spiro atoms. The Morgan fingerprint density at radius 1 is 1.20 bits per heavy atom. The van der Waals surface area contributed by atoms with E-state index in [2.05, 4.69) is 48.0 Å². The molecule has 0 amide bonds. The van der Waals surface area contributed by atoms with Gasteiger partial charge in [-0.3, -0.25) is 0 Å². The van der Waals surface area contributed by atoms with E-state index < -0.39 is 0 Å². The van der Waals surface area contributed by atoms with Crippen LogP contribution in [0.15, 0.2) is 35.7 Å². The Morgan fingerprint density at radius 2 is 2.10 bits per heavy atom. The summed E-state index contributed by atoms with van der Waals surface area (Å²) >= 11 is 1.72. The van der Waals surface area contributed by atoms with Crippen LogP contribution in [-0.2, 0) is 17.9 Å². The van der Waals surface area contributed by atoms with Crippen molar-refractivity contribution < 1.29 is 9.47 Å². The van der Waals surface area contributed by atoms with Crippen molar-refractivity contribution in [3.8, 4) is 5.75 Å². The van der Waals surface area contributed by atoms with Crippen molar-refractivity contribution in [1.82, 2.24) is 5.32 Å². The molecule has 2 rings (SSSR count). The van der Waals surface area contributed by atoms with Gasteiger partial charge in [-0.05, 0) is 23.9 Å². The van der Waals surface area contributed by atoms with Crippen molar-refractivity contribution in [3.05, 3.63) is 51.7 Å². The summed E-state index contributed by atoms with van der Waals surface area (Å²) in [6, 6.07) is 10.4. The van der Waals surface area contributed by atoms with Gasteiger partial charge in [-0.1, -0.05) is 24.3 Å². The summed E-state index contributed by atoms with van der Waals surface area (Å²) in [5.74, 6) is 0.991. The number of rotatable bonds is 8. The Bertz CT molecular complexity index is 511. The van der Waals surface area contributed by atoms with Crippen LogP contribution in [0.2, 0.25) is 0 Å². The minimum atomic E-state index is 0.633. The summed E-state index contributed by atoms with van der Waals surface area (Å²) in [4.78, 5) is 1.24. The SMILES string of the molecule is COCCNCc1cccc(C)c1OCc1cccs1. The van der Waals surface area contributed by atoms with Crippen LogP contribution in [0.5, 0.6) is 5.75 Å². The Labute approximate surface area is 124 Å². The summed E-state index contributed by atoms with van der Waals surface area (Å²) in [7, 11) is 1.71. The molecule has 0 fully saturated rings. The van der Waals surface area contributed by atoms with Gasteiger partial charge in [-0.25, -0.2) is 0 Å². The lowest BCUT2D eigenvalue weighted by Gasteiger charge is -2.14. The normalized spacial score (nSPS) is 10.7. The Balaban J connectivity index is 1.98. The molecule has 0 unspecified atom stereocenters. The highest BCUT2D eigenvalue weighted by Gasteiger charge is 2.07. The summed E-state index contributed by atoms with van der Waals surface area (Å²) < 4.78 is 11.0. The van der Waals surface area contributed by atoms with Crippen LogP contribution in [0.1, 0.15) is 16.0 Å². The van der Waals surface area contributed by atoms with Crippen LogP contribution >= 0.6 is 11.3 Å². The maximum absolute atomic E-state index is 6.01. The van der Waals surface area contributed by atoms with Gasteiger partial charge in [0.2, 0.25) is 0 Å². The molecule has 0 aliphatic heterocycles. The fraction of sp³-hybridized carbons (Fsp3) is 0.375. The molecule has 4 heteroatoms. The Kier molecular flexibility index (Phi) is 6.05. The van der Waals surface area contributed by atoms with E-state index in [0.717, 1.165) is 25.4 Å². The van der Waals surface area contributed by atoms with Crippen molar-refractivity contribution >= 4 is 11.3 Å². The average molecular weight is 291 g/mol. The molecular formula is C16H21NO2S. The Morgan fingerprint density at radius 3 is 2.85 bits per heavy atom. The number of hydrogen-bond donors (Lipinski definition) is 1. The molecule has 0 radical (unpaired) electrons. The molecule has 0 aliphatic carbocycles. The molecule has 1 heterocycles. The minimum Gasteiger partial charge on any atom is -0.487 e. The zero-order valence-electron chi connectivity index (χ0n) is 12.0. The summed E-state index contributed by atoms with van der Waals surface area (Å²) in [5, 5.41) is 5.43. The predicted octanol–water partition coefficient (Wildman–Crippen LogP) is 3.37. The van der Waals surface area contributed by atoms with Gasteiger partial charge in [-0.2, -0.15) is 0 Å². The first-order valence-corrected chi connectivity index (χ1v) is 7.62. The van der Waals surface area contributed by atoms with E-state index >= 15 is 0 Å². The summed E-state index contributed by atoms with van der Waals surface area (Å²) in [6.07, 6.45) is 0. The van der Waals surface area contributed by atoms with Gasteiger partial charge in [0.1, 0.15) is 12.4 Å². The molecule has 3 nitrogen and oxygen atoms in total. The second-order valence-electron chi connectivity index (χ2n) is 4.60. The minimum absolute atomic E-state index is 0.633. The highest BCUT2D eigenvalue weighted by atomic mass is 32.1. The lowest BCUT2D eigenvalue weighted by atomic mass is 10.1. The fourth-order valence-electron chi connectivity index (χ4n) is 1.99. The van der Waals surface area contributed by atoms with Crippen LogP contribution in [0, 0.1) is 6.92 Å². The van der Waals surface area contributed by atoms with Crippen molar-refractivity contribution in [3.63, 3.8) is 0 Å². The van der Waals surface area contributed by atoms with Gasteiger partial charge in [-0.15, -0.1) is 11.3 Å². The van der Waals surface area contributed by atoms with Gasteiger partial charge in [0.25, 0.3) is 0 Å². The first kappa shape index (κ1) is 15.0. The van der Waals surface area contributed by atoms with Crippen molar-refractivity contribution in [2.75, 3.05) is 20.3 Å². The second kappa shape index (κ2) is 8.04. The van der Waals surface area contributed by atoms with E-state index in [4.69, 9.17) is 9.47 Å². The first-order valence-electron chi connectivity index (χ1n) is 6.74. The van der Waals surface area contributed by atoms with Gasteiger partial charge in [0.05, 0.1) is 6.61 Å².